The molecule has 13 rings (SSSR count). The normalized spacial score (nSPS) is 11.7. The molecular formula is C65H39F3N6. The Morgan fingerprint density at radius 2 is 0.797 bits per heavy atom. The molecule has 0 aliphatic rings. The first-order valence-electron chi connectivity index (χ1n) is 24.1. The van der Waals surface area contributed by atoms with E-state index in [2.05, 4.69) is 76.1 Å². The van der Waals surface area contributed by atoms with Crippen molar-refractivity contribution in [1.29, 1.82) is 0 Å². The van der Waals surface area contributed by atoms with Crippen LogP contribution in [-0.2, 0) is 6.18 Å². The van der Waals surface area contributed by atoms with Gasteiger partial charge in [-0.05, 0) is 106 Å². The van der Waals surface area contributed by atoms with E-state index in [9.17, 15) is 0 Å². The SMILES string of the molecule is [C-]#[N+]c1cccc(-c2ccc(-c3nc(-c4ccccc4)nc(-c4cc(C(F)(F)F)ccc4-n4c5ccccc5c5cc(-c6ccccc6)ccc54)n3)c(-n3c4ccccc4c4cc(-c5ccccc5)ccc43)c2)c1. The number of alkyl halides is 3. The summed E-state index contributed by atoms with van der Waals surface area (Å²) in [5.41, 5.74) is 11.7. The van der Waals surface area contributed by atoms with Crippen molar-refractivity contribution >= 4 is 49.3 Å². The minimum absolute atomic E-state index is 0.0660. The summed E-state index contributed by atoms with van der Waals surface area (Å²) in [4.78, 5) is 19.3. The number of halogens is 3. The predicted molar refractivity (Wildman–Crippen MR) is 292 cm³/mol. The highest BCUT2D eigenvalue weighted by Gasteiger charge is 2.33. The van der Waals surface area contributed by atoms with Crippen LogP contribution < -0.4 is 0 Å². The molecule has 0 N–H and O–H groups in total. The van der Waals surface area contributed by atoms with Crippen LogP contribution in [0.25, 0.3) is 127 Å². The van der Waals surface area contributed by atoms with Crippen molar-refractivity contribution in [2.24, 2.45) is 0 Å². The largest absolute Gasteiger partial charge is 0.416 e. The van der Waals surface area contributed by atoms with Gasteiger partial charge in [-0.2, -0.15) is 13.2 Å². The molecule has 74 heavy (non-hydrogen) atoms. The number of hydrogen-bond donors (Lipinski definition) is 0. The highest BCUT2D eigenvalue weighted by molar-refractivity contribution is 6.12. The average molecular weight is 961 g/mol. The van der Waals surface area contributed by atoms with Crippen LogP contribution in [0.3, 0.4) is 0 Å². The van der Waals surface area contributed by atoms with Gasteiger partial charge in [0.05, 0.1) is 45.6 Å². The molecule has 3 heterocycles. The van der Waals surface area contributed by atoms with E-state index in [0.29, 0.717) is 22.5 Å². The van der Waals surface area contributed by atoms with Crippen molar-refractivity contribution in [2.75, 3.05) is 0 Å². The molecule has 9 heteroatoms. The first-order chi connectivity index (χ1) is 36.3. The highest BCUT2D eigenvalue weighted by Crippen LogP contribution is 2.43. The van der Waals surface area contributed by atoms with Crippen LogP contribution in [0.15, 0.2) is 237 Å². The zero-order chi connectivity index (χ0) is 49.9. The zero-order valence-electron chi connectivity index (χ0n) is 39.3. The average Bonchev–Trinajstić information content (AvgIpc) is 3.98. The Kier molecular flexibility index (Phi) is 10.6. The fourth-order valence-electron chi connectivity index (χ4n) is 10.3. The fourth-order valence-corrected chi connectivity index (χ4v) is 10.3. The lowest BCUT2D eigenvalue weighted by atomic mass is 10.0. The second-order valence-corrected chi connectivity index (χ2v) is 18.2. The van der Waals surface area contributed by atoms with Crippen molar-refractivity contribution in [2.45, 2.75) is 6.18 Å². The van der Waals surface area contributed by atoms with E-state index in [4.69, 9.17) is 21.5 Å². The minimum Gasteiger partial charge on any atom is -0.309 e. The Labute approximate surface area is 423 Å². The summed E-state index contributed by atoms with van der Waals surface area (Å²) in [5.74, 6) is 0.615. The molecule has 0 bridgehead atoms. The minimum atomic E-state index is -4.68. The number of aromatic nitrogens is 5. The number of nitrogens with zero attached hydrogens (tertiary/aromatic N) is 6. The quantitative estimate of drug-likeness (QED) is 0.143. The topological polar surface area (TPSA) is 52.9 Å². The van der Waals surface area contributed by atoms with Gasteiger partial charge in [-0.15, -0.1) is 0 Å². The van der Waals surface area contributed by atoms with Crippen LogP contribution in [0.5, 0.6) is 0 Å². The number of rotatable bonds is 8. The van der Waals surface area contributed by atoms with Crippen LogP contribution in [0.2, 0.25) is 0 Å². The molecule has 0 atom stereocenters. The molecular weight excluding hydrogens is 922 g/mol. The second kappa shape index (κ2) is 17.7. The lowest BCUT2D eigenvalue weighted by Crippen LogP contribution is -2.09. The van der Waals surface area contributed by atoms with Crippen LogP contribution >= 0.6 is 0 Å². The third-order valence-corrected chi connectivity index (χ3v) is 13.8. The number of para-hydroxylation sites is 2. The van der Waals surface area contributed by atoms with Crippen LogP contribution in [0.4, 0.5) is 18.9 Å². The van der Waals surface area contributed by atoms with Gasteiger partial charge in [-0.25, -0.2) is 19.8 Å². The highest BCUT2D eigenvalue weighted by atomic mass is 19.4. The lowest BCUT2D eigenvalue weighted by molar-refractivity contribution is -0.137. The van der Waals surface area contributed by atoms with Gasteiger partial charge in [0, 0.05) is 38.2 Å². The van der Waals surface area contributed by atoms with Gasteiger partial charge in [0.15, 0.2) is 23.2 Å². The molecule has 0 amide bonds. The second-order valence-electron chi connectivity index (χ2n) is 18.2. The van der Waals surface area contributed by atoms with Crippen LogP contribution in [-0.4, -0.2) is 24.1 Å². The summed E-state index contributed by atoms with van der Waals surface area (Å²) in [7, 11) is 0. The maximum Gasteiger partial charge on any atom is 0.416 e. The van der Waals surface area contributed by atoms with E-state index >= 15 is 13.2 Å². The Morgan fingerprint density at radius 1 is 0.338 bits per heavy atom. The van der Waals surface area contributed by atoms with Gasteiger partial charge < -0.3 is 9.13 Å². The van der Waals surface area contributed by atoms with E-state index in [1.807, 2.05) is 150 Å². The molecule has 0 saturated heterocycles. The van der Waals surface area contributed by atoms with Gasteiger partial charge in [0.2, 0.25) is 0 Å². The lowest BCUT2D eigenvalue weighted by Gasteiger charge is -2.18. The van der Waals surface area contributed by atoms with Gasteiger partial charge in [0.25, 0.3) is 0 Å². The molecule has 350 valence electrons. The molecule has 0 saturated carbocycles. The number of fused-ring (bicyclic) bond motifs is 6. The summed E-state index contributed by atoms with van der Waals surface area (Å²) < 4.78 is 49.5. The molecule has 13 aromatic rings. The Hall–Kier alpha value is -9.91. The molecule has 0 spiro atoms. The predicted octanol–water partition coefficient (Wildman–Crippen LogP) is 17.6. The molecule has 0 unspecified atom stereocenters. The van der Waals surface area contributed by atoms with Gasteiger partial charge in [-0.3, -0.25) is 0 Å². The van der Waals surface area contributed by atoms with E-state index in [-0.39, 0.29) is 23.0 Å². The third kappa shape index (κ3) is 7.65. The molecule has 6 nitrogen and oxygen atoms in total. The van der Waals surface area contributed by atoms with Crippen molar-refractivity contribution in [1.82, 2.24) is 24.1 Å². The molecule has 0 aliphatic carbocycles. The molecule has 0 radical (unpaired) electrons. The standard InChI is InChI=1S/C65H39F3N6/c1-69-49-23-15-22-44(36-49)47-28-32-52(61(39-47)74-57-27-14-12-25-51(57)54-38-46(30-34-59(54)74)42-18-7-3-8-19-42)63-70-62(43-20-9-4-10-21-43)71-64(72-63)55-40-48(65(66,67)68)31-35-60(55)73-56-26-13-11-24-50(56)53-37-45(29-33-58(53)73)41-16-5-2-6-17-41/h2-40H. The first-order valence-corrected chi connectivity index (χ1v) is 24.1. The Bertz CT molecular complexity index is 4360. The zero-order valence-corrected chi connectivity index (χ0v) is 39.3. The monoisotopic (exact) mass is 960 g/mol. The first kappa shape index (κ1) is 44.1. The summed E-state index contributed by atoms with van der Waals surface area (Å²) >= 11 is 0. The van der Waals surface area contributed by atoms with Gasteiger partial charge in [0.1, 0.15) is 0 Å². The summed E-state index contributed by atoms with van der Waals surface area (Å²) in [6, 6.07) is 76.0. The van der Waals surface area contributed by atoms with Gasteiger partial charge in [-0.1, -0.05) is 164 Å². The maximum atomic E-state index is 15.1. The number of benzene rings is 10. The summed E-state index contributed by atoms with van der Waals surface area (Å²) in [6.07, 6.45) is -4.68. The Morgan fingerprint density at radius 3 is 1.38 bits per heavy atom. The fraction of sp³-hybridized carbons (Fsp3) is 0.0154. The van der Waals surface area contributed by atoms with Gasteiger partial charge >= 0.3 is 6.18 Å². The van der Waals surface area contributed by atoms with Crippen molar-refractivity contribution in [3.8, 4) is 78.9 Å². The van der Waals surface area contributed by atoms with E-state index in [1.165, 1.54) is 6.07 Å². The van der Waals surface area contributed by atoms with Crippen LogP contribution in [0.1, 0.15) is 5.56 Å². The molecule has 0 fully saturated rings. The van der Waals surface area contributed by atoms with Crippen LogP contribution in [0, 0.1) is 6.57 Å². The van der Waals surface area contributed by atoms with E-state index in [0.717, 1.165) is 94.8 Å². The van der Waals surface area contributed by atoms with E-state index in [1.54, 1.807) is 6.07 Å². The molecule has 0 aliphatic heterocycles. The summed E-state index contributed by atoms with van der Waals surface area (Å²) in [5, 5.41) is 3.96. The molecule has 3 aromatic heterocycles. The van der Waals surface area contributed by atoms with E-state index < -0.39 is 11.7 Å². The smallest absolute Gasteiger partial charge is 0.309 e. The summed E-state index contributed by atoms with van der Waals surface area (Å²) in [6.45, 7) is 7.81. The number of hydrogen-bond acceptors (Lipinski definition) is 3. The van der Waals surface area contributed by atoms with Crippen molar-refractivity contribution < 1.29 is 13.2 Å². The third-order valence-electron chi connectivity index (χ3n) is 13.8. The Balaban J connectivity index is 1.09. The maximum absolute atomic E-state index is 15.1. The van der Waals surface area contributed by atoms with Crippen molar-refractivity contribution in [3.63, 3.8) is 0 Å². The van der Waals surface area contributed by atoms with Crippen molar-refractivity contribution in [3.05, 3.63) is 254 Å². The molecule has 10 aromatic carbocycles.